The summed E-state index contributed by atoms with van der Waals surface area (Å²) in [6.07, 6.45) is 4.35. The van der Waals surface area contributed by atoms with Gasteiger partial charge in [0, 0.05) is 26.2 Å². The van der Waals surface area contributed by atoms with Crippen LogP contribution in [0.15, 0.2) is 27.9 Å². The maximum atomic E-state index is 13.0. The van der Waals surface area contributed by atoms with E-state index in [0.29, 0.717) is 36.7 Å². The van der Waals surface area contributed by atoms with E-state index in [4.69, 9.17) is 0 Å². The first-order chi connectivity index (χ1) is 12.4. The van der Waals surface area contributed by atoms with Gasteiger partial charge in [-0.3, -0.25) is 4.57 Å². The molecule has 8 heteroatoms. The molecule has 1 aromatic carbocycles. The first-order valence-electron chi connectivity index (χ1n) is 9.12. The molecular formula is C18H24N4O3S. The van der Waals surface area contributed by atoms with E-state index in [2.05, 4.69) is 5.10 Å². The molecule has 1 aromatic heterocycles. The molecule has 0 N–H and O–H groups in total. The molecule has 0 atom stereocenters. The topological polar surface area (TPSA) is 77.2 Å². The zero-order valence-corrected chi connectivity index (χ0v) is 16.0. The number of aromatic nitrogens is 3. The summed E-state index contributed by atoms with van der Waals surface area (Å²) in [6.45, 7) is 2.66. The number of hydrogen-bond donors (Lipinski definition) is 0. The highest BCUT2D eigenvalue weighted by Crippen LogP contribution is 2.29. The van der Waals surface area contributed by atoms with Crippen molar-refractivity contribution in [3.8, 4) is 0 Å². The van der Waals surface area contributed by atoms with E-state index < -0.39 is 10.0 Å². The second kappa shape index (κ2) is 6.35. The van der Waals surface area contributed by atoms with Crippen LogP contribution < -0.4 is 5.69 Å². The molecule has 4 rings (SSSR count). The number of rotatable bonds is 3. The van der Waals surface area contributed by atoms with Crippen molar-refractivity contribution < 1.29 is 8.42 Å². The Morgan fingerprint density at radius 2 is 1.81 bits per heavy atom. The van der Waals surface area contributed by atoms with E-state index in [1.54, 1.807) is 22.0 Å². The Bertz CT molecular complexity index is 998. The average Bonchev–Trinajstić information content (AvgIpc) is 3.19. The van der Waals surface area contributed by atoms with Gasteiger partial charge < -0.3 is 0 Å². The lowest BCUT2D eigenvalue weighted by Gasteiger charge is -2.31. The van der Waals surface area contributed by atoms with Crippen molar-refractivity contribution in [3.05, 3.63) is 45.6 Å². The van der Waals surface area contributed by atoms with Gasteiger partial charge in [0.2, 0.25) is 10.0 Å². The van der Waals surface area contributed by atoms with Crippen LogP contribution in [0.1, 0.15) is 42.3 Å². The molecular weight excluding hydrogens is 352 g/mol. The van der Waals surface area contributed by atoms with Gasteiger partial charge in [-0.05, 0) is 62.3 Å². The summed E-state index contributed by atoms with van der Waals surface area (Å²) in [7, 11) is -1.84. The average molecular weight is 376 g/mol. The van der Waals surface area contributed by atoms with Crippen LogP contribution in [0.2, 0.25) is 0 Å². The number of hydrogen-bond acceptors (Lipinski definition) is 4. The maximum absolute atomic E-state index is 13.0. The second-order valence-electron chi connectivity index (χ2n) is 7.24. The minimum atomic E-state index is -3.48. The molecule has 1 fully saturated rings. The fraction of sp³-hybridized carbons (Fsp3) is 0.556. The third-order valence-electron chi connectivity index (χ3n) is 5.62. The predicted octanol–water partition coefficient (Wildman–Crippen LogP) is 1.40. The van der Waals surface area contributed by atoms with Gasteiger partial charge in [0.25, 0.3) is 0 Å². The van der Waals surface area contributed by atoms with Crippen LogP contribution in [0.4, 0.5) is 0 Å². The Morgan fingerprint density at radius 3 is 2.46 bits per heavy atom. The van der Waals surface area contributed by atoms with Gasteiger partial charge >= 0.3 is 5.69 Å². The summed E-state index contributed by atoms with van der Waals surface area (Å²) in [5.74, 6) is 0.678. The summed E-state index contributed by atoms with van der Waals surface area (Å²) in [4.78, 5) is 12.6. The van der Waals surface area contributed by atoms with Gasteiger partial charge in [-0.2, -0.15) is 9.40 Å². The van der Waals surface area contributed by atoms with Crippen LogP contribution in [0.25, 0.3) is 0 Å². The van der Waals surface area contributed by atoms with Crippen LogP contribution in [-0.4, -0.2) is 40.2 Å². The third kappa shape index (κ3) is 2.81. The smallest absolute Gasteiger partial charge is 0.276 e. The van der Waals surface area contributed by atoms with Crippen molar-refractivity contribution in [1.82, 2.24) is 18.7 Å². The third-order valence-corrected chi connectivity index (χ3v) is 7.52. The van der Waals surface area contributed by atoms with Crippen molar-refractivity contribution in [2.24, 2.45) is 7.05 Å². The fourth-order valence-electron chi connectivity index (χ4n) is 4.22. The van der Waals surface area contributed by atoms with Crippen molar-refractivity contribution in [3.63, 3.8) is 0 Å². The summed E-state index contributed by atoms with van der Waals surface area (Å²) in [5.41, 5.74) is 2.30. The molecule has 0 bridgehead atoms. The van der Waals surface area contributed by atoms with Crippen molar-refractivity contribution in [1.29, 1.82) is 0 Å². The number of nitrogens with zero attached hydrogens (tertiary/aromatic N) is 4. The van der Waals surface area contributed by atoms with Gasteiger partial charge in [-0.15, -0.1) is 0 Å². The molecule has 1 saturated heterocycles. The fourth-order valence-corrected chi connectivity index (χ4v) is 5.74. The predicted molar refractivity (Wildman–Crippen MR) is 97.7 cm³/mol. The number of aryl methyl sites for hydroxylation is 4. The first-order valence-corrected chi connectivity index (χ1v) is 10.6. The van der Waals surface area contributed by atoms with E-state index in [1.807, 2.05) is 19.1 Å². The van der Waals surface area contributed by atoms with Crippen molar-refractivity contribution >= 4 is 10.0 Å². The molecule has 140 valence electrons. The summed E-state index contributed by atoms with van der Waals surface area (Å²) < 4.78 is 30.6. The lowest BCUT2D eigenvalue weighted by molar-refractivity contribution is 0.267. The molecule has 1 aliphatic heterocycles. The normalized spacial score (nSPS) is 19.0. The minimum Gasteiger partial charge on any atom is -0.276 e. The lowest BCUT2D eigenvalue weighted by atomic mass is 10.1. The van der Waals surface area contributed by atoms with Crippen molar-refractivity contribution in [2.45, 2.75) is 50.0 Å². The summed E-state index contributed by atoms with van der Waals surface area (Å²) >= 11 is 0. The summed E-state index contributed by atoms with van der Waals surface area (Å²) in [5, 5.41) is 4.17. The van der Waals surface area contributed by atoms with Gasteiger partial charge in [0.15, 0.2) is 0 Å². The molecule has 7 nitrogen and oxygen atoms in total. The zero-order valence-electron chi connectivity index (χ0n) is 15.2. The van der Waals surface area contributed by atoms with E-state index in [-0.39, 0.29) is 11.7 Å². The molecule has 2 aliphatic rings. The SMILES string of the molecule is Cc1nn(C)c(=O)n1C1CCN(S(=O)(=O)c2ccc3c(c2)CCC3)CC1. The quantitative estimate of drug-likeness (QED) is 0.811. The molecule has 0 unspecified atom stereocenters. The molecule has 0 amide bonds. The Hall–Kier alpha value is -1.93. The van der Waals surface area contributed by atoms with E-state index >= 15 is 0 Å². The van der Waals surface area contributed by atoms with E-state index in [1.165, 1.54) is 15.8 Å². The molecule has 0 radical (unpaired) electrons. The molecule has 2 aromatic rings. The molecule has 1 aliphatic carbocycles. The van der Waals surface area contributed by atoms with Gasteiger partial charge in [0.05, 0.1) is 4.90 Å². The highest BCUT2D eigenvalue weighted by Gasteiger charge is 2.32. The van der Waals surface area contributed by atoms with Gasteiger partial charge in [-0.1, -0.05) is 6.07 Å². The number of fused-ring (bicyclic) bond motifs is 1. The zero-order chi connectivity index (χ0) is 18.5. The Morgan fingerprint density at radius 1 is 1.12 bits per heavy atom. The Labute approximate surface area is 153 Å². The van der Waals surface area contributed by atoms with Gasteiger partial charge in [-0.25, -0.2) is 17.9 Å². The Balaban J connectivity index is 1.53. The Kier molecular flexibility index (Phi) is 4.27. The largest absolute Gasteiger partial charge is 0.345 e. The van der Waals surface area contributed by atoms with Crippen LogP contribution in [0.5, 0.6) is 0 Å². The van der Waals surface area contributed by atoms with Crippen LogP contribution >= 0.6 is 0 Å². The lowest BCUT2D eigenvalue weighted by Crippen LogP contribution is -2.41. The molecule has 26 heavy (non-hydrogen) atoms. The standard InChI is InChI=1S/C18H24N4O3S/c1-13-19-20(2)18(23)22(13)16-8-10-21(11-9-16)26(24,25)17-7-6-14-4-3-5-15(14)12-17/h6-7,12,16H,3-5,8-11H2,1-2H3. The minimum absolute atomic E-state index is 0.00247. The highest BCUT2D eigenvalue weighted by atomic mass is 32.2. The first kappa shape index (κ1) is 17.5. The highest BCUT2D eigenvalue weighted by molar-refractivity contribution is 7.89. The number of benzene rings is 1. The van der Waals surface area contributed by atoms with Crippen LogP contribution in [0.3, 0.4) is 0 Å². The van der Waals surface area contributed by atoms with Crippen LogP contribution in [0, 0.1) is 6.92 Å². The number of sulfonamides is 1. The monoisotopic (exact) mass is 376 g/mol. The van der Waals surface area contributed by atoms with Crippen LogP contribution in [-0.2, 0) is 29.9 Å². The maximum Gasteiger partial charge on any atom is 0.345 e. The van der Waals surface area contributed by atoms with Gasteiger partial charge in [0.1, 0.15) is 5.82 Å². The van der Waals surface area contributed by atoms with E-state index in [0.717, 1.165) is 19.3 Å². The second-order valence-corrected chi connectivity index (χ2v) is 9.18. The molecule has 0 spiro atoms. The number of piperidine rings is 1. The van der Waals surface area contributed by atoms with E-state index in [9.17, 15) is 13.2 Å². The summed E-state index contributed by atoms with van der Waals surface area (Å²) in [6, 6.07) is 5.55. The molecule has 0 saturated carbocycles. The van der Waals surface area contributed by atoms with Crippen molar-refractivity contribution in [2.75, 3.05) is 13.1 Å². The molecule has 2 heterocycles.